The fraction of sp³-hybridized carbons (Fsp3) is 0.222. The Labute approximate surface area is 217 Å². The number of thioether (sulfide) groups is 1. The minimum Gasteiger partial charge on any atom is -0.465 e. The Bertz CT molecular complexity index is 1410. The first-order chi connectivity index (χ1) is 17.4. The fourth-order valence-corrected chi connectivity index (χ4v) is 5.41. The molecule has 0 bridgehead atoms. The van der Waals surface area contributed by atoms with E-state index < -0.39 is 11.2 Å². The molecule has 36 heavy (non-hydrogen) atoms. The molecule has 9 heteroatoms. The minimum absolute atomic E-state index is 0.0151. The summed E-state index contributed by atoms with van der Waals surface area (Å²) >= 11 is 7.21. The molecule has 5 rings (SSSR count). The topological polar surface area (TPSA) is 100 Å². The standard InChI is InChI=1S/C27H20ClN3O4S/c1-35-27(34)17-6-10-19(11-7-17)31-24(32)13-23(26(31)33)36-25-21(14-29)20(12-22(30-25)16-2-3-16)15-4-8-18(28)9-5-15/h4-12,16,23H,2-3,13H2,1H3. The normalized spacial score (nSPS) is 17.2. The molecule has 1 atom stereocenters. The average molecular weight is 518 g/mol. The molecule has 180 valence electrons. The van der Waals surface area contributed by atoms with E-state index in [-0.39, 0.29) is 18.2 Å². The number of pyridine rings is 1. The third kappa shape index (κ3) is 4.60. The van der Waals surface area contributed by atoms with Crippen LogP contribution >= 0.6 is 23.4 Å². The summed E-state index contributed by atoms with van der Waals surface area (Å²) in [7, 11) is 1.28. The van der Waals surface area contributed by atoms with E-state index in [1.807, 2.05) is 18.2 Å². The molecule has 1 aliphatic carbocycles. The smallest absolute Gasteiger partial charge is 0.337 e. The lowest BCUT2D eigenvalue weighted by molar-refractivity contribution is -0.121. The zero-order valence-corrected chi connectivity index (χ0v) is 20.8. The summed E-state index contributed by atoms with van der Waals surface area (Å²) in [6.07, 6.45) is 2.04. The van der Waals surface area contributed by atoms with Gasteiger partial charge in [-0.1, -0.05) is 35.5 Å². The molecule has 1 saturated carbocycles. The van der Waals surface area contributed by atoms with Crippen LogP contribution in [0.1, 0.15) is 46.8 Å². The van der Waals surface area contributed by atoms with Gasteiger partial charge in [0.1, 0.15) is 11.1 Å². The van der Waals surface area contributed by atoms with Gasteiger partial charge in [-0.3, -0.25) is 9.59 Å². The van der Waals surface area contributed by atoms with Gasteiger partial charge < -0.3 is 4.74 Å². The SMILES string of the molecule is COC(=O)c1ccc(N2C(=O)CC(Sc3nc(C4CC4)cc(-c4ccc(Cl)cc4)c3C#N)C2=O)cc1. The number of amides is 2. The van der Waals surface area contributed by atoms with Gasteiger partial charge in [0.2, 0.25) is 11.8 Å². The Hall–Kier alpha value is -3.67. The van der Waals surface area contributed by atoms with Crippen molar-refractivity contribution < 1.29 is 19.1 Å². The molecule has 1 aliphatic heterocycles. The molecule has 1 unspecified atom stereocenters. The number of carbonyl (C=O) groups excluding carboxylic acids is 3. The van der Waals surface area contributed by atoms with Crippen molar-refractivity contribution in [3.63, 3.8) is 0 Å². The molecular weight excluding hydrogens is 498 g/mol. The number of methoxy groups -OCH3 is 1. The predicted octanol–water partition coefficient (Wildman–Crippen LogP) is 5.36. The lowest BCUT2D eigenvalue weighted by atomic mass is 10.0. The number of nitriles is 1. The van der Waals surface area contributed by atoms with E-state index in [1.165, 1.54) is 19.2 Å². The van der Waals surface area contributed by atoms with Gasteiger partial charge in [-0.15, -0.1) is 0 Å². The Morgan fingerprint density at radius 2 is 1.83 bits per heavy atom. The highest BCUT2D eigenvalue weighted by Crippen LogP contribution is 2.44. The van der Waals surface area contributed by atoms with Gasteiger partial charge >= 0.3 is 5.97 Å². The van der Waals surface area contributed by atoms with Gasteiger partial charge in [0, 0.05) is 28.6 Å². The first-order valence-electron chi connectivity index (χ1n) is 11.3. The Kier molecular flexibility index (Phi) is 6.52. The number of halogens is 1. The third-order valence-electron chi connectivity index (χ3n) is 6.17. The molecule has 2 amide bonds. The zero-order valence-electron chi connectivity index (χ0n) is 19.2. The van der Waals surface area contributed by atoms with E-state index in [2.05, 4.69) is 6.07 Å². The number of imide groups is 1. The van der Waals surface area contributed by atoms with Crippen LogP contribution in [0.25, 0.3) is 11.1 Å². The lowest BCUT2D eigenvalue weighted by Gasteiger charge is -2.16. The highest BCUT2D eigenvalue weighted by atomic mass is 35.5. The van der Waals surface area contributed by atoms with Gasteiger partial charge in [0.05, 0.1) is 29.2 Å². The van der Waals surface area contributed by atoms with Crippen LogP contribution in [-0.2, 0) is 14.3 Å². The molecule has 0 N–H and O–H groups in total. The van der Waals surface area contributed by atoms with Gasteiger partial charge in [0.25, 0.3) is 0 Å². The molecule has 7 nitrogen and oxygen atoms in total. The van der Waals surface area contributed by atoms with Crippen molar-refractivity contribution in [2.75, 3.05) is 12.0 Å². The first kappa shape index (κ1) is 24.0. The Morgan fingerprint density at radius 1 is 1.14 bits per heavy atom. The average Bonchev–Trinajstić information content (AvgIpc) is 3.70. The number of esters is 1. The second-order valence-corrected chi connectivity index (χ2v) is 10.2. The van der Waals surface area contributed by atoms with Crippen molar-refractivity contribution in [3.05, 3.63) is 76.4 Å². The summed E-state index contributed by atoms with van der Waals surface area (Å²) in [5.41, 5.74) is 3.52. The summed E-state index contributed by atoms with van der Waals surface area (Å²) in [5, 5.41) is 10.4. The number of carbonyl (C=O) groups is 3. The van der Waals surface area contributed by atoms with Crippen LogP contribution in [0.5, 0.6) is 0 Å². The zero-order chi connectivity index (χ0) is 25.4. The van der Waals surface area contributed by atoms with Gasteiger partial charge in [0.15, 0.2) is 0 Å². The van der Waals surface area contributed by atoms with E-state index in [0.29, 0.717) is 32.8 Å². The van der Waals surface area contributed by atoms with Gasteiger partial charge in [-0.2, -0.15) is 5.26 Å². The van der Waals surface area contributed by atoms with Crippen LogP contribution in [0, 0.1) is 11.3 Å². The molecule has 1 saturated heterocycles. The van der Waals surface area contributed by atoms with Crippen LogP contribution in [0.3, 0.4) is 0 Å². The molecular formula is C27H20ClN3O4S. The Balaban J connectivity index is 1.46. The van der Waals surface area contributed by atoms with Crippen molar-refractivity contribution in [1.29, 1.82) is 5.26 Å². The maximum atomic E-state index is 13.3. The van der Waals surface area contributed by atoms with Crippen molar-refractivity contribution in [3.8, 4) is 17.2 Å². The molecule has 0 radical (unpaired) electrons. The molecule has 1 aromatic heterocycles. The third-order valence-corrected chi connectivity index (χ3v) is 7.60. The van der Waals surface area contributed by atoms with Crippen molar-refractivity contribution >= 4 is 46.8 Å². The summed E-state index contributed by atoms with van der Waals surface area (Å²) in [6, 6.07) is 17.6. The minimum atomic E-state index is -0.718. The highest BCUT2D eigenvalue weighted by Gasteiger charge is 2.41. The van der Waals surface area contributed by atoms with Crippen LogP contribution < -0.4 is 4.90 Å². The first-order valence-corrected chi connectivity index (χ1v) is 12.6. The number of benzene rings is 2. The van der Waals surface area contributed by atoms with E-state index in [4.69, 9.17) is 21.3 Å². The summed E-state index contributed by atoms with van der Waals surface area (Å²) in [6.45, 7) is 0. The monoisotopic (exact) mass is 517 g/mol. The fourth-order valence-electron chi connectivity index (χ4n) is 4.15. The van der Waals surface area contributed by atoms with Crippen molar-refractivity contribution in [1.82, 2.24) is 4.98 Å². The van der Waals surface area contributed by atoms with Gasteiger partial charge in [-0.05, 0) is 60.9 Å². The number of aromatic nitrogens is 1. The second-order valence-electron chi connectivity index (χ2n) is 8.58. The number of hydrogen-bond donors (Lipinski definition) is 0. The maximum absolute atomic E-state index is 13.3. The van der Waals surface area contributed by atoms with E-state index >= 15 is 0 Å². The van der Waals surface area contributed by atoms with Crippen molar-refractivity contribution in [2.24, 2.45) is 0 Å². The van der Waals surface area contributed by atoms with Gasteiger partial charge in [-0.25, -0.2) is 14.7 Å². The number of hydrogen-bond acceptors (Lipinski definition) is 7. The summed E-state index contributed by atoms with van der Waals surface area (Å²) in [4.78, 5) is 43.7. The van der Waals surface area contributed by atoms with E-state index in [9.17, 15) is 19.6 Å². The number of nitrogens with zero attached hydrogens (tertiary/aromatic N) is 3. The highest BCUT2D eigenvalue weighted by molar-refractivity contribution is 8.00. The number of ether oxygens (including phenoxy) is 1. The summed E-state index contributed by atoms with van der Waals surface area (Å²) < 4.78 is 4.70. The van der Waals surface area contributed by atoms with Crippen molar-refractivity contribution in [2.45, 2.75) is 35.5 Å². The largest absolute Gasteiger partial charge is 0.465 e. The van der Waals surface area contributed by atoms with Crippen LogP contribution in [0.2, 0.25) is 5.02 Å². The Morgan fingerprint density at radius 3 is 2.44 bits per heavy atom. The van der Waals surface area contributed by atoms with E-state index in [1.54, 1.807) is 24.3 Å². The predicted molar refractivity (Wildman–Crippen MR) is 136 cm³/mol. The van der Waals surface area contributed by atoms with Crippen LogP contribution in [-0.4, -0.2) is 35.1 Å². The lowest BCUT2D eigenvalue weighted by Crippen LogP contribution is -2.31. The quantitative estimate of drug-likeness (QED) is 0.320. The second kappa shape index (κ2) is 9.76. The molecule has 0 spiro atoms. The number of anilines is 1. The molecule has 2 fully saturated rings. The molecule has 2 aromatic carbocycles. The van der Waals surface area contributed by atoms with E-state index in [0.717, 1.165) is 46.3 Å². The molecule has 2 aliphatic rings. The maximum Gasteiger partial charge on any atom is 0.337 e. The summed E-state index contributed by atoms with van der Waals surface area (Å²) in [5.74, 6) is -0.908. The van der Waals surface area contributed by atoms with Crippen LogP contribution in [0.4, 0.5) is 5.69 Å². The molecule has 2 heterocycles. The number of rotatable bonds is 6. The molecule has 3 aromatic rings. The van der Waals surface area contributed by atoms with Crippen LogP contribution in [0.15, 0.2) is 59.6 Å².